The maximum atomic E-state index is 14.6. The van der Waals surface area contributed by atoms with E-state index in [0.717, 1.165) is 51.9 Å². The van der Waals surface area contributed by atoms with Gasteiger partial charge in [-0.1, -0.05) is 37.5 Å². The minimum atomic E-state index is -3.70. The number of carbonyl (C=O) groups is 2. The molecule has 10 heteroatoms. The number of methoxy groups -OCH3 is 1. The van der Waals surface area contributed by atoms with Crippen molar-refractivity contribution in [3.05, 3.63) is 63.9 Å². The Morgan fingerprint density at radius 2 is 1.72 bits per heavy atom. The second-order valence-electron chi connectivity index (χ2n) is 14.8. The van der Waals surface area contributed by atoms with E-state index in [1.54, 1.807) is 7.11 Å². The third-order valence-electron chi connectivity index (χ3n) is 11.9. The fraction of sp³-hybridized carbons (Fsp3) is 0.568. The van der Waals surface area contributed by atoms with Crippen LogP contribution in [0.1, 0.15) is 88.3 Å². The summed E-state index contributed by atoms with van der Waals surface area (Å²) in [4.78, 5) is 32.7. The van der Waals surface area contributed by atoms with Crippen LogP contribution in [0.2, 0.25) is 0 Å². The number of hydrogen-bond acceptors (Lipinski definition) is 6. The van der Waals surface area contributed by atoms with Crippen LogP contribution >= 0.6 is 0 Å². The zero-order valence-corrected chi connectivity index (χ0v) is 28.7. The van der Waals surface area contributed by atoms with Gasteiger partial charge in [-0.25, -0.2) is 13.1 Å². The Bertz CT molecular complexity index is 1860. The summed E-state index contributed by atoms with van der Waals surface area (Å²) in [5, 5.41) is 0.556. The number of amides is 2. The van der Waals surface area contributed by atoms with Gasteiger partial charge >= 0.3 is 0 Å². The topological polar surface area (TPSA) is 101 Å². The molecule has 250 valence electrons. The third kappa shape index (κ3) is 5.09. The van der Waals surface area contributed by atoms with Crippen LogP contribution in [0, 0.1) is 5.92 Å². The molecule has 0 bridgehead atoms. The van der Waals surface area contributed by atoms with Crippen LogP contribution in [-0.2, 0) is 26.2 Å². The van der Waals surface area contributed by atoms with Crippen molar-refractivity contribution in [3.63, 3.8) is 0 Å². The zero-order chi connectivity index (χ0) is 32.8. The highest BCUT2D eigenvalue weighted by Crippen LogP contribution is 2.55. The fourth-order valence-electron chi connectivity index (χ4n) is 8.97. The van der Waals surface area contributed by atoms with Crippen LogP contribution in [0.25, 0.3) is 10.9 Å². The summed E-state index contributed by atoms with van der Waals surface area (Å²) in [6.45, 7) is 6.17. The lowest BCUT2D eigenvalue weighted by atomic mass is 9.75. The van der Waals surface area contributed by atoms with Gasteiger partial charge in [0.1, 0.15) is 5.75 Å². The highest BCUT2D eigenvalue weighted by molar-refractivity contribution is 7.91. The smallest absolute Gasteiger partial charge is 0.265 e. The molecule has 3 fully saturated rings. The normalized spacial score (nSPS) is 28.1. The van der Waals surface area contributed by atoms with Crippen LogP contribution in [0.3, 0.4) is 0 Å². The Morgan fingerprint density at radius 3 is 2.40 bits per heavy atom. The molecule has 4 aliphatic carbocycles. The maximum Gasteiger partial charge on any atom is 0.265 e. The molecule has 0 radical (unpaired) electrons. The molecule has 9 nitrogen and oxygen atoms in total. The zero-order valence-electron chi connectivity index (χ0n) is 27.9. The van der Waals surface area contributed by atoms with Crippen molar-refractivity contribution >= 4 is 32.7 Å². The number of ether oxygens (including phenoxy) is 1. The molecule has 3 heterocycles. The number of rotatable bonds is 6. The number of allylic oxidation sites excluding steroid dienone is 4. The van der Waals surface area contributed by atoms with E-state index in [1.807, 2.05) is 4.90 Å². The van der Waals surface area contributed by atoms with Gasteiger partial charge in [0.2, 0.25) is 15.9 Å². The molecule has 1 saturated heterocycles. The van der Waals surface area contributed by atoms with Crippen molar-refractivity contribution in [2.24, 2.45) is 5.92 Å². The van der Waals surface area contributed by atoms with E-state index in [2.05, 4.69) is 65.4 Å². The number of carbonyl (C=O) groups excluding carboxylic acids is 2. The van der Waals surface area contributed by atoms with Crippen molar-refractivity contribution < 1.29 is 22.7 Å². The van der Waals surface area contributed by atoms with Gasteiger partial charge in [0, 0.05) is 48.7 Å². The first-order valence-corrected chi connectivity index (χ1v) is 19.0. The molecular formula is C37H46N4O5S. The summed E-state index contributed by atoms with van der Waals surface area (Å²) < 4.78 is 36.4. The Hall–Kier alpha value is -3.37. The van der Waals surface area contributed by atoms with Crippen LogP contribution in [0.4, 0.5) is 0 Å². The lowest BCUT2D eigenvalue weighted by molar-refractivity contribution is -0.140. The molecule has 0 spiro atoms. The average Bonchev–Trinajstić information content (AvgIpc) is 3.99. The van der Waals surface area contributed by atoms with Gasteiger partial charge in [-0.05, 0) is 93.3 Å². The van der Waals surface area contributed by atoms with E-state index < -0.39 is 21.2 Å². The maximum absolute atomic E-state index is 14.6. The number of benzene rings is 1. The van der Waals surface area contributed by atoms with Gasteiger partial charge in [0.25, 0.3) is 5.91 Å². The summed E-state index contributed by atoms with van der Waals surface area (Å²) in [6, 6.07) is 7.05. The van der Waals surface area contributed by atoms with Crippen LogP contribution in [0.15, 0.2) is 52.6 Å². The number of aromatic nitrogens is 1. The summed E-state index contributed by atoms with van der Waals surface area (Å²) in [5.41, 5.74) is 6.65. The monoisotopic (exact) mass is 658 g/mol. The summed E-state index contributed by atoms with van der Waals surface area (Å²) >= 11 is 0. The Balaban J connectivity index is 1.28. The SMILES string of the molecule is COc1ccc(C2CCCCC2)c2c1cc1n2CC2=C(C(=O)NS(=O)(=O)C3CC3)C2=C2C=CC[C@@H](C(=O)N3C[C@@H](C)N(C)[C@@H](C)C3)C21. The highest BCUT2D eigenvalue weighted by atomic mass is 32.2. The third-order valence-corrected chi connectivity index (χ3v) is 13.7. The first-order valence-electron chi connectivity index (χ1n) is 17.5. The van der Waals surface area contributed by atoms with E-state index in [0.29, 0.717) is 50.4 Å². The number of nitrogens with zero attached hydrogens (tertiary/aromatic N) is 3. The quantitative estimate of drug-likeness (QED) is 0.462. The molecule has 47 heavy (non-hydrogen) atoms. The molecule has 1 aromatic carbocycles. The Labute approximate surface area is 277 Å². The molecule has 8 rings (SSSR count). The number of nitrogens with one attached hydrogen (secondary N) is 1. The number of fused-ring (bicyclic) bond motifs is 6. The molecule has 1 unspecified atom stereocenters. The highest BCUT2D eigenvalue weighted by Gasteiger charge is 2.49. The number of likely N-dealkylation sites (N-methyl/N-ethyl adjacent to an activating group) is 1. The van der Waals surface area contributed by atoms with Crippen molar-refractivity contribution in [1.29, 1.82) is 0 Å². The van der Waals surface area contributed by atoms with E-state index in [9.17, 15) is 18.0 Å². The number of piperazine rings is 1. The van der Waals surface area contributed by atoms with E-state index in [-0.39, 0.29) is 29.8 Å². The van der Waals surface area contributed by atoms with Crippen LogP contribution < -0.4 is 9.46 Å². The van der Waals surface area contributed by atoms with Gasteiger partial charge in [-0.3, -0.25) is 14.5 Å². The first kappa shape index (κ1) is 30.9. The molecule has 2 aliphatic heterocycles. The van der Waals surface area contributed by atoms with E-state index >= 15 is 0 Å². The largest absolute Gasteiger partial charge is 0.496 e. The van der Waals surface area contributed by atoms with Gasteiger partial charge < -0.3 is 14.2 Å². The lowest BCUT2D eigenvalue weighted by Gasteiger charge is -2.44. The molecular weight excluding hydrogens is 612 g/mol. The average molecular weight is 659 g/mol. The number of hydrogen-bond donors (Lipinski definition) is 1. The van der Waals surface area contributed by atoms with Gasteiger partial charge in [0.15, 0.2) is 0 Å². The van der Waals surface area contributed by atoms with Crippen LogP contribution in [-0.4, -0.2) is 79.2 Å². The fourth-order valence-corrected chi connectivity index (χ4v) is 10.3. The van der Waals surface area contributed by atoms with Crippen molar-refractivity contribution in [3.8, 4) is 5.75 Å². The van der Waals surface area contributed by atoms with Gasteiger partial charge in [-0.2, -0.15) is 0 Å². The molecule has 4 atom stereocenters. The van der Waals surface area contributed by atoms with E-state index in [1.165, 1.54) is 24.8 Å². The second kappa shape index (κ2) is 11.4. The van der Waals surface area contributed by atoms with Crippen molar-refractivity contribution in [2.45, 2.75) is 101 Å². The summed E-state index contributed by atoms with van der Waals surface area (Å²) in [5.74, 6) is 0.237. The number of sulfonamides is 1. The second-order valence-corrected chi connectivity index (χ2v) is 16.8. The molecule has 1 aromatic heterocycles. The standard InChI is InChI=1S/C37H46N4O5S/c1-21-18-40(19-22(2)39(21)3)37(43)27-12-8-11-26-32(27)30-17-28-31(46-4)16-15-25(23-9-6-5-7-10-23)35(28)41(30)20-29-33(26)34(29)36(42)38-47(44,45)24-13-14-24/h8,11,15-17,21-24,27,32H,5-7,9-10,12-14,18-20H2,1-4H3,(H,38,42)/t21-,22+,27-,32?/m1/s1. The molecule has 1 N–H and O–H groups in total. The minimum Gasteiger partial charge on any atom is -0.496 e. The molecule has 2 aromatic rings. The predicted molar refractivity (Wildman–Crippen MR) is 182 cm³/mol. The van der Waals surface area contributed by atoms with Crippen molar-refractivity contribution in [1.82, 2.24) is 19.1 Å². The lowest BCUT2D eigenvalue weighted by Crippen LogP contribution is -2.57. The molecule has 2 saturated carbocycles. The van der Waals surface area contributed by atoms with Gasteiger partial charge in [0.05, 0.1) is 29.4 Å². The summed E-state index contributed by atoms with van der Waals surface area (Å²) in [7, 11) is 0.129. The first-order chi connectivity index (χ1) is 22.6. The Morgan fingerprint density at radius 1 is 1.00 bits per heavy atom. The van der Waals surface area contributed by atoms with Crippen LogP contribution in [0.5, 0.6) is 5.75 Å². The minimum absolute atomic E-state index is 0.145. The summed E-state index contributed by atoms with van der Waals surface area (Å²) in [6.07, 6.45) is 11.9. The predicted octanol–water partition coefficient (Wildman–Crippen LogP) is 5.14. The van der Waals surface area contributed by atoms with Crippen molar-refractivity contribution in [2.75, 3.05) is 27.2 Å². The van der Waals surface area contributed by atoms with E-state index in [4.69, 9.17) is 4.74 Å². The van der Waals surface area contributed by atoms with Gasteiger partial charge in [-0.15, -0.1) is 0 Å². The Kier molecular flexibility index (Phi) is 7.48. The molecule has 2 amide bonds. The molecule has 6 aliphatic rings.